The summed E-state index contributed by atoms with van der Waals surface area (Å²) in [6.07, 6.45) is 4.44. The third-order valence-electron chi connectivity index (χ3n) is 3.94. The van der Waals surface area contributed by atoms with Gasteiger partial charge in [0.15, 0.2) is 0 Å². The van der Waals surface area contributed by atoms with Gasteiger partial charge in [-0.05, 0) is 44.4 Å². The Morgan fingerprint density at radius 2 is 2.17 bits per heavy atom. The molecule has 3 atom stereocenters. The van der Waals surface area contributed by atoms with Crippen LogP contribution in [0.2, 0.25) is 0 Å². The Hall–Kier alpha value is -0.610. The predicted octanol–water partition coefficient (Wildman–Crippen LogP) is 2.41. The van der Waals surface area contributed by atoms with Gasteiger partial charge in [-0.2, -0.15) is 0 Å². The van der Waals surface area contributed by atoms with Crippen molar-refractivity contribution in [3.05, 3.63) is 0 Å². The summed E-state index contributed by atoms with van der Waals surface area (Å²) in [6.45, 7) is 7.03. The molecule has 0 amide bonds. The highest BCUT2D eigenvalue weighted by Crippen LogP contribution is 2.36. The number of rotatable bonds is 7. The highest BCUT2D eigenvalue weighted by atomic mass is 16.5. The number of hydrogen-bond acceptors (Lipinski definition) is 3. The van der Waals surface area contributed by atoms with Crippen molar-refractivity contribution in [2.45, 2.75) is 64.5 Å². The molecular weight excluding hydrogens is 230 g/mol. The first-order chi connectivity index (χ1) is 8.36. The number of carboxylic acid groups (broad SMARTS) is 1. The maximum Gasteiger partial charge on any atom is 0.323 e. The van der Waals surface area contributed by atoms with Crippen LogP contribution < -0.4 is 5.73 Å². The van der Waals surface area contributed by atoms with Gasteiger partial charge in [0.1, 0.15) is 5.54 Å². The zero-order valence-electron chi connectivity index (χ0n) is 11.8. The van der Waals surface area contributed by atoms with E-state index < -0.39 is 11.5 Å². The van der Waals surface area contributed by atoms with Crippen molar-refractivity contribution in [2.24, 2.45) is 17.6 Å². The molecule has 3 unspecified atom stereocenters. The molecule has 1 fully saturated rings. The number of hydrogen-bond donors (Lipinski definition) is 2. The SMILES string of the molecule is CC(C)CC(C)OCCC1CCCC1(N)C(=O)O. The van der Waals surface area contributed by atoms with Crippen LogP contribution in [0.4, 0.5) is 0 Å². The first-order valence-corrected chi connectivity index (χ1v) is 7.00. The van der Waals surface area contributed by atoms with Crippen LogP contribution in [0.15, 0.2) is 0 Å². The summed E-state index contributed by atoms with van der Waals surface area (Å²) in [6, 6.07) is 0. The second-order valence-corrected chi connectivity index (χ2v) is 6.03. The number of ether oxygens (including phenoxy) is 1. The molecule has 0 aliphatic heterocycles. The standard InChI is InChI=1S/C14H27NO3/c1-10(2)9-11(3)18-8-6-12-5-4-7-14(12,15)13(16)17/h10-12H,4-9,15H2,1-3H3,(H,16,17). The van der Waals surface area contributed by atoms with E-state index in [1.165, 1.54) is 0 Å². The van der Waals surface area contributed by atoms with Crippen LogP contribution in [0.3, 0.4) is 0 Å². The molecular formula is C14H27NO3. The Labute approximate surface area is 110 Å². The van der Waals surface area contributed by atoms with E-state index in [1.54, 1.807) is 0 Å². The summed E-state index contributed by atoms with van der Waals surface area (Å²) in [7, 11) is 0. The van der Waals surface area contributed by atoms with Crippen LogP contribution in [-0.4, -0.2) is 29.3 Å². The van der Waals surface area contributed by atoms with Gasteiger partial charge in [0.2, 0.25) is 0 Å². The van der Waals surface area contributed by atoms with Gasteiger partial charge in [0.05, 0.1) is 6.10 Å². The minimum absolute atomic E-state index is 0.0567. The van der Waals surface area contributed by atoms with E-state index >= 15 is 0 Å². The zero-order valence-corrected chi connectivity index (χ0v) is 11.8. The van der Waals surface area contributed by atoms with Crippen molar-refractivity contribution >= 4 is 5.97 Å². The summed E-state index contributed by atoms with van der Waals surface area (Å²) in [5.74, 6) is -0.180. The molecule has 1 aliphatic rings. The summed E-state index contributed by atoms with van der Waals surface area (Å²) in [5, 5.41) is 9.20. The van der Waals surface area contributed by atoms with Crippen LogP contribution in [-0.2, 0) is 9.53 Å². The average molecular weight is 257 g/mol. The molecule has 1 rings (SSSR count). The van der Waals surface area contributed by atoms with Crippen molar-refractivity contribution in [3.8, 4) is 0 Å². The second kappa shape index (κ2) is 6.53. The molecule has 0 heterocycles. The van der Waals surface area contributed by atoms with Crippen molar-refractivity contribution in [1.82, 2.24) is 0 Å². The lowest BCUT2D eigenvalue weighted by Crippen LogP contribution is -2.51. The van der Waals surface area contributed by atoms with Crippen LogP contribution in [0.25, 0.3) is 0 Å². The van der Waals surface area contributed by atoms with E-state index in [9.17, 15) is 9.90 Å². The first kappa shape index (κ1) is 15.4. The number of carboxylic acids is 1. The van der Waals surface area contributed by atoms with E-state index in [4.69, 9.17) is 10.5 Å². The van der Waals surface area contributed by atoms with Crippen LogP contribution >= 0.6 is 0 Å². The minimum atomic E-state index is -1.02. The van der Waals surface area contributed by atoms with Gasteiger partial charge < -0.3 is 15.6 Å². The Kier molecular flexibility index (Phi) is 5.60. The third kappa shape index (κ3) is 3.95. The Balaban J connectivity index is 2.33. The lowest BCUT2D eigenvalue weighted by Gasteiger charge is -2.27. The highest BCUT2D eigenvalue weighted by Gasteiger charge is 2.45. The molecule has 3 N–H and O–H groups in total. The average Bonchev–Trinajstić information content (AvgIpc) is 2.60. The van der Waals surface area contributed by atoms with E-state index in [0.717, 1.165) is 25.7 Å². The fourth-order valence-corrected chi connectivity index (χ4v) is 2.93. The fourth-order valence-electron chi connectivity index (χ4n) is 2.93. The largest absolute Gasteiger partial charge is 0.480 e. The van der Waals surface area contributed by atoms with Gasteiger partial charge in [-0.3, -0.25) is 4.79 Å². The Morgan fingerprint density at radius 3 is 2.72 bits per heavy atom. The van der Waals surface area contributed by atoms with Crippen LogP contribution in [0.5, 0.6) is 0 Å². The third-order valence-corrected chi connectivity index (χ3v) is 3.94. The molecule has 0 spiro atoms. The smallest absolute Gasteiger partial charge is 0.323 e. The number of nitrogens with two attached hydrogens (primary N) is 1. The zero-order chi connectivity index (χ0) is 13.8. The van der Waals surface area contributed by atoms with Gasteiger partial charge in [-0.15, -0.1) is 0 Å². The van der Waals surface area contributed by atoms with Crippen molar-refractivity contribution in [1.29, 1.82) is 0 Å². The molecule has 1 saturated carbocycles. The van der Waals surface area contributed by atoms with Gasteiger partial charge in [0, 0.05) is 6.61 Å². The molecule has 0 aromatic carbocycles. The van der Waals surface area contributed by atoms with E-state index in [2.05, 4.69) is 20.8 Å². The molecule has 0 aromatic heterocycles. The maximum atomic E-state index is 11.2. The molecule has 0 bridgehead atoms. The van der Waals surface area contributed by atoms with E-state index in [0.29, 0.717) is 18.9 Å². The van der Waals surface area contributed by atoms with Crippen LogP contribution in [0, 0.1) is 11.8 Å². The quantitative estimate of drug-likeness (QED) is 0.734. The lowest BCUT2D eigenvalue weighted by atomic mass is 9.86. The van der Waals surface area contributed by atoms with E-state index in [-0.39, 0.29) is 12.0 Å². The van der Waals surface area contributed by atoms with Crippen molar-refractivity contribution in [2.75, 3.05) is 6.61 Å². The topological polar surface area (TPSA) is 72.5 Å². The summed E-state index contributed by atoms with van der Waals surface area (Å²) >= 11 is 0. The first-order valence-electron chi connectivity index (χ1n) is 7.00. The Morgan fingerprint density at radius 1 is 1.50 bits per heavy atom. The number of aliphatic carboxylic acids is 1. The summed E-state index contributed by atoms with van der Waals surface area (Å²) in [4.78, 5) is 11.2. The normalized spacial score (nSPS) is 29.7. The summed E-state index contributed by atoms with van der Waals surface area (Å²) in [5.41, 5.74) is 4.97. The van der Waals surface area contributed by atoms with Crippen LogP contribution in [0.1, 0.15) is 52.9 Å². The van der Waals surface area contributed by atoms with Gasteiger partial charge >= 0.3 is 5.97 Å². The molecule has 18 heavy (non-hydrogen) atoms. The molecule has 0 aromatic rings. The second-order valence-electron chi connectivity index (χ2n) is 6.03. The highest BCUT2D eigenvalue weighted by molar-refractivity contribution is 5.79. The predicted molar refractivity (Wildman–Crippen MR) is 71.4 cm³/mol. The van der Waals surface area contributed by atoms with E-state index in [1.807, 2.05) is 0 Å². The minimum Gasteiger partial charge on any atom is -0.480 e. The van der Waals surface area contributed by atoms with Gasteiger partial charge in [-0.1, -0.05) is 20.3 Å². The van der Waals surface area contributed by atoms with Crippen molar-refractivity contribution < 1.29 is 14.6 Å². The molecule has 4 nitrogen and oxygen atoms in total. The maximum absolute atomic E-state index is 11.2. The molecule has 4 heteroatoms. The summed E-state index contributed by atoms with van der Waals surface area (Å²) < 4.78 is 5.74. The Bertz CT molecular complexity index is 280. The molecule has 106 valence electrons. The molecule has 1 aliphatic carbocycles. The lowest BCUT2D eigenvalue weighted by molar-refractivity contribution is -0.145. The fraction of sp³-hybridized carbons (Fsp3) is 0.929. The number of carbonyl (C=O) groups is 1. The molecule has 0 radical (unpaired) electrons. The van der Waals surface area contributed by atoms with Crippen molar-refractivity contribution in [3.63, 3.8) is 0 Å². The van der Waals surface area contributed by atoms with Gasteiger partial charge in [-0.25, -0.2) is 0 Å². The monoisotopic (exact) mass is 257 g/mol. The molecule has 0 saturated heterocycles. The van der Waals surface area contributed by atoms with Gasteiger partial charge in [0.25, 0.3) is 0 Å².